The van der Waals surface area contributed by atoms with E-state index in [0.717, 1.165) is 16.9 Å². The molecule has 4 nitrogen and oxygen atoms in total. The first-order valence-corrected chi connectivity index (χ1v) is 9.89. The highest BCUT2D eigenvalue weighted by atomic mass is 35.5. The van der Waals surface area contributed by atoms with E-state index in [9.17, 15) is 4.79 Å². The Morgan fingerprint density at radius 1 is 0.963 bits per heavy atom. The molecule has 0 radical (unpaired) electrons. The van der Waals surface area contributed by atoms with E-state index in [-0.39, 0.29) is 11.7 Å². The fourth-order valence-electron chi connectivity index (χ4n) is 2.65. The normalized spacial score (nSPS) is 10.7. The van der Waals surface area contributed by atoms with Gasteiger partial charge in [0.15, 0.2) is 0 Å². The second-order valence-corrected chi connectivity index (χ2v) is 7.78. The van der Waals surface area contributed by atoms with Gasteiger partial charge in [-0.05, 0) is 79.9 Å². The predicted octanol–water partition coefficient (Wildman–Crippen LogP) is 5.45. The van der Waals surface area contributed by atoms with Crippen LogP contribution in [0.3, 0.4) is 0 Å². The van der Waals surface area contributed by atoms with Gasteiger partial charge in [-0.3, -0.25) is 4.79 Å². The fraction of sp³-hybridized carbons (Fsp3) is 0.190. The molecule has 0 aliphatic heterocycles. The second-order valence-electron chi connectivity index (χ2n) is 6.35. The van der Waals surface area contributed by atoms with Crippen molar-refractivity contribution in [1.82, 2.24) is 10.2 Å². The molecule has 1 N–H and O–H groups in total. The van der Waals surface area contributed by atoms with Crippen molar-refractivity contribution < 1.29 is 4.79 Å². The van der Waals surface area contributed by atoms with Gasteiger partial charge < -0.3 is 5.32 Å². The summed E-state index contributed by atoms with van der Waals surface area (Å²) in [6.45, 7) is 6.27. The van der Waals surface area contributed by atoms with Crippen LogP contribution in [0, 0.1) is 20.8 Å². The van der Waals surface area contributed by atoms with Crippen LogP contribution in [0.25, 0.3) is 11.3 Å². The van der Waals surface area contributed by atoms with E-state index in [2.05, 4.69) is 48.4 Å². The molecule has 1 amide bonds. The van der Waals surface area contributed by atoms with Gasteiger partial charge in [0.05, 0.1) is 11.4 Å². The minimum atomic E-state index is -0.0989. The number of nitrogens with one attached hydrogen (secondary N) is 1. The summed E-state index contributed by atoms with van der Waals surface area (Å²) >= 11 is 7.19. The lowest BCUT2D eigenvalue weighted by Crippen LogP contribution is -2.14. The molecule has 3 aromatic rings. The van der Waals surface area contributed by atoms with Crippen molar-refractivity contribution in [2.75, 3.05) is 11.1 Å². The molecule has 0 unspecified atom stereocenters. The number of amides is 1. The maximum Gasteiger partial charge on any atom is 0.234 e. The molecule has 0 aliphatic rings. The minimum Gasteiger partial charge on any atom is -0.325 e. The van der Waals surface area contributed by atoms with E-state index >= 15 is 0 Å². The highest BCUT2D eigenvalue weighted by molar-refractivity contribution is 7.99. The first kappa shape index (κ1) is 19.4. The van der Waals surface area contributed by atoms with E-state index in [1.807, 2.05) is 12.1 Å². The first-order valence-electron chi connectivity index (χ1n) is 8.52. The summed E-state index contributed by atoms with van der Waals surface area (Å²) in [7, 11) is 0. The van der Waals surface area contributed by atoms with Crippen LogP contribution in [0.5, 0.6) is 0 Å². The van der Waals surface area contributed by atoms with Crippen molar-refractivity contribution >= 4 is 35.0 Å². The Morgan fingerprint density at radius 3 is 2.33 bits per heavy atom. The zero-order chi connectivity index (χ0) is 19.4. The molecule has 3 rings (SSSR count). The number of benzene rings is 2. The number of aryl methyl sites for hydroxylation is 3. The zero-order valence-corrected chi connectivity index (χ0v) is 17.0. The molecule has 6 heteroatoms. The van der Waals surface area contributed by atoms with Crippen LogP contribution in [0.1, 0.15) is 16.7 Å². The largest absolute Gasteiger partial charge is 0.325 e. The van der Waals surface area contributed by atoms with Crippen LogP contribution >= 0.6 is 23.4 Å². The average molecular weight is 398 g/mol. The molecule has 1 aromatic heterocycles. The number of carbonyl (C=O) groups is 1. The van der Waals surface area contributed by atoms with Gasteiger partial charge in [0.2, 0.25) is 5.91 Å². The monoisotopic (exact) mass is 397 g/mol. The van der Waals surface area contributed by atoms with Crippen LogP contribution in [0.4, 0.5) is 5.69 Å². The Morgan fingerprint density at radius 2 is 1.67 bits per heavy atom. The molecule has 0 spiro atoms. The molecule has 27 heavy (non-hydrogen) atoms. The zero-order valence-electron chi connectivity index (χ0n) is 15.4. The third-order valence-electron chi connectivity index (χ3n) is 4.24. The highest BCUT2D eigenvalue weighted by Crippen LogP contribution is 2.26. The summed E-state index contributed by atoms with van der Waals surface area (Å²) in [5, 5.41) is 12.8. The van der Waals surface area contributed by atoms with Crippen molar-refractivity contribution in [2.45, 2.75) is 25.8 Å². The van der Waals surface area contributed by atoms with E-state index in [0.29, 0.717) is 10.0 Å². The van der Waals surface area contributed by atoms with Crippen molar-refractivity contribution in [3.05, 3.63) is 70.2 Å². The maximum absolute atomic E-state index is 12.1. The lowest BCUT2D eigenvalue weighted by atomic mass is 9.99. The van der Waals surface area contributed by atoms with Gasteiger partial charge in [0, 0.05) is 16.3 Å². The Balaban J connectivity index is 1.61. The van der Waals surface area contributed by atoms with E-state index < -0.39 is 0 Å². The Kier molecular flexibility index (Phi) is 6.14. The number of halogens is 1. The molecular formula is C21H20ClN3OS. The molecule has 0 saturated heterocycles. The number of rotatable bonds is 5. The standard InChI is InChI=1S/C21H20ClN3OS/c1-13-10-15(3)18(11-14(13)2)19-8-9-21(25-24-19)27-12-20(26)23-17-6-4-16(22)5-7-17/h4-11H,12H2,1-3H3,(H,23,26). The summed E-state index contributed by atoms with van der Waals surface area (Å²) in [6.07, 6.45) is 0. The quantitative estimate of drug-likeness (QED) is 0.581. The first-order chi connectivity index (χ1) is 12.9. The van der Waals surface area contributed by atoms with Crippen molar-refractivity contribution in [3.63, 3.8) is 0 Å². The van der Waals surface area contributed by atoms with Crippen LogP contribution in [0.2, 0.25) is 5.02 Å². The number of anilines is 1. The van der Waals surface area contributed by atoms with Gasteiger partial charge in [0.25, 0.3) is 0 Å². The van der Waals surface area contributed by atoms with Gasteiger partial charge in [0.1, 0.15) is 5.03 Å². The van der Waals surface area contributed by atoms with Crippen LogP contribution in [-0.2, 0) is 4.79 Å². The molecular weight excluding hydrogens is 378 g/mol. The van der Waals surface area contributed by atoms with Gasteiger partial charge in [-0.15, -0.1) is 10.2 Å². The van der Waals surface area contributed by atoms with E-state index in [4.69, 9.17) is 11.6 Å². The van der Waals surface area contributed by atoms with Crippen LogP contribution < -0.4 is 5.32 Å². The highest BCUT2D eigenvalue weighted by Gasteiger charge is 2.09. The predicted molar refractivity (Wildman–Crippen MR) is 112 cm³/mol. The summed E-state index contributed by atoms with van der Waals surface area (Å²) in [5.41, 5.74) is 6.32. The molecule has 0 fully saturated rings. The van der Waals surface area contributed by atoms with Gasteiger partial charge in [-0.2, -0.15) is 0 Å². The lowest BCUT2D eigenvalue weighted by Gasteiger charge is -2.09. The molecule has 1 heterocycles. The SMILES string of the molecule is Cc1cc(C)c(-c2ccc(SCC(=O)Nc3ccc(Cl)cc3)nn2)cc1C. The van der Waals surface area contributed by atoms with Crippen molar-refractivity contribution in [3.8, 4) is 11.3 Å². The van der Waals surface area contributed by atoms with Gasteiger partial charge in [-0.25, -0.2) is 0 Å². The number of nitrogens with zero attached hydrogens (tertiary/aromatic N) is 2. The smallest absolute Gasteiger partial charge is 0.234 e. The number of carbonyl (C=O) groups excluding carboxylic acids is 1. The van der Waals surface area contributed by atoms with E-state index in [1.165, 1.54) is 28.5 Å². The second kappa shape index (κ2) is 8.55. The van der Waals surface area contributed by atoms with Gasteiger partial charge in [-0.1, -0.05) is 29.4 Å². The molecule has 0 atom stereocenters. The summed E-state index contributed by atoms with van der Waals surface area (Å²) in [5.74, 6) is 0.164. The summed E-state index contributed by atoms with van der Waals surface area (Å²) in [4.78, 5) is 12.1. The number of hydrogen-bond donors (Lipinski definition) is 1. The molecule has 0 bridgehead atoms. The summed E-state index contributed by atoms with van der Waals surface area (Å²) in [6, 6.07) is 15.2. The number of aromatic nitrogens is 2. The number of hydrogen-bond acceptors (Lipinski definition) is 4. The lowest BCUT2D eigenvalue weighted by molar-refractivity contribution is -0.113. The topological polar surface area (TPSA) is 54.9 Å². The Bertz CT molecular complexity index is 956. The van der Waals surface area contributed by atoms with E-state index in [1.54, 1.807) is 24.3 Å². The summed E-state index contributed by atoms with van der Waals surface area (Å²) < 4.78 is 0. The molecule has 0 saturated carbocycles. The van der Waals surface area contributed by atoms with Crippen molar-refractivity contribution in [2.24, 2.45) is 0 Å². The van der Waals surface area contributed by atoms with Crippen molar-refractivity contribution in [1.29, 1.82) is 0 Å². The van der Waals surface area contributed by atoms with Gasteiger partial charge >= 0.3 is 0 Å². The average Bonchev–Trinajstić information content (AvgIpc) is 2.65. The molecule has 138 valence electrons. The third-order valence-corrected chi connectivity index (χ3v) is 5.41. The number of thioether (sulfide) groups is 1. The molecule has 0 aliphatic carbocycles. The third kappa shape index (κ3) is 5.08. The van der Waals surface area contributed by atoms with Crippen LogP contribution in [0.15, 0.2) is 53.6 Å². The maximum atomic E-state index is 12.1. The van der Waals surface area contributed by atoms with Crippen LogP contribution in [-0.4, -0.2) is 21.9 Å². The Labute approximate surface area is 168 Å². The molecule has 2 aromatic carbocycles. The minimum absolute atomic E-state index is 0.0989. The fourth-order valence-corrected chi connectivity index (χ4v) is 3.39. The Hall–Kier alpha value is -2.37.